The second kappa shape index (κ2) is 8.31. The first-order valence-corrected chi connectivity index (χ1v) is 11.7. The Morgan fingerprint density at radius 3 is 2.56 bits per heavy atom. The Balaban J connectivity index is 1.60. The van der Waals surface area contributed by atoms with Crippen LogP contribution >= 0.6 is 11.3 Å². The predicted octanol–water partition coefficient (Wildman–Crippen LogP) is 2.65. The topological polar surface area (TPSA) is 76.7 Å². The van der Waals surface area contributed by atoms with Gasteiger partial charge in [-0.05, 0) is 44.0 Å². The molecule has 0 saturated carbocycles. The van der Waals surface area contributed by atoms with Crippen LogP contribution in [-0.2, 0) is 13.1 Å². The Labute approximate surface area is 190 Å². The summed E-state index contributed by atoms with van der Waals surface area (Å²) >= 11 is 1.70. The molecule has 1 aliphatic heterocycles. The van der Waals surface area contributed by atoms with Gasteiger partial charge in [0.25, 0.3) is 0 Å². The summed E-state index contributed by atoms with van der Waals surface area (Å²) in [6.07, 6.45) is 1.46. The average molecular weight is 453 g/mol. The Hall–Kier alpha value is -2.75. The molecule has 1 aromatic carbocycles. The summed E-state index contributed by atoms with van der Waals surface area (Å²) in [5, 5.41) is 8.84. The number of piperazine rings is 1. The Kier molecular flexibility index (Phi) is 5.48. The van der Waals surface area contributed by atoms with E-state index in [1.54, 1.807) is 18.4 Å². The summed E-state index contributed by atoms with van der Waals surface area (Å²) in [5.74, 6) is 0.798. The van der Waals surface area contributed by atoms with Gasteiger partial charge in [0, 0.05) is 36.6 Å². The van der Waals surface area contributed by atoms with Crippen LogP contribution in [0.1, 0.15) is 29.9 Å². The van der Waals surface area contributed by atoms with Crippen molar-refractivity contribution >= 4 is 27.2 Å². The van der Waals surface area contributed by atoms with Crippen LogP contribution in [-0.4, -0.2) is 56.3 Å². The highest BCUT2D eigenvalue weighted by Crippen LogP contribution is 2.33. The number of thiophene rings is 1. The molecule has 5 rings (SSSR count). The number of aryl methyl sites for hydroxylation is 1. The summed E-state index contributed by atoms with van der Waals surface area (Å²) in [4.78, 5) is 22.5. The van der Waals surface area contributed by atoms with Gasteiger partial charge in [0.15, 0.2) is 5.65 Å². The molecule has 4 aromatic rings. The molecule has 3 aromatic heterocycles. The zero-order valence-electron chi connectivity index (χ0n) is 18.8. The maximum absolute atomic E-state index is 13.3. The molecule has 1 aliphatic rings. The van der Waals surface area contributed by atoms with Crippen molar-refractivity contribution in [3.05, 3.63) is 57.1 Å². The van der Waals surface area contributed by atoms with Gasteiger partial charge in [-0.2, -0.15) is 9.61 Å². The van der Waals surface area contributed by atoms with Crippen LogP contribution in [0.4, 0.5) is 0 Å². The van der Waals surface area contributed by atoms with Crippen LogP contribution in [0.3, 0.4) is 0 Å². The molecule has 1 saturated heterocycles. The van der Waals surface area contributed by atoms with Crippen LogP contribution in [0.15, 0.2) is 35.4 Å². The minimum Gasteiger partial charge on any atom is -0.497 e. The van der Waals surface area contributed by atoms with Crippen LogP contribution in [0.25, 0.3) is 15.9 Å². The van der Waals surface area contributed by atoms with Crippen molar-refractivity contribution in [2.45, 2.75) is 45.9 Å². The number of aromatic nitrogens is 4. The third-order valence-electron chi connectivity index (χ3n) is 6.16. The lowest BCUT2D eigenvalue weighted by Crippen LogP contribution is -2.53. The van der Waals surface area contributed by atoms with E-state index in [4.69, 9.17) is 4.74 Å². The number of benzene rings is 1. The molecule has 0 bridgehead atoms. The number of fused-ring (bicyclic) bond motifs is 3. The van der Waals surface area contributed by atoms with Gasteiger partial charge in [-0.3, -0.25) is 9.47 Å². The lowest BCUT2D eigenvalue weighted by molar-refractivity contribution is 0.167. The van der Waals surface area contributed by atoms with E-state index in [9.17, 15) is 4.79 Å². The molecule has 9 heteroatoms. The monoisotopic (exact) mass is 452 g/mol. The summed E-state index contributed by atoms with van der Waals surface area (Å²) in [5.41, 5.74) is 2.69. The zero-order valence-corrected chi connectivity index (χ0v) is 19.6. The molecule has 168 valence electrons. The van der Waals surface area contributed by atoms with Gasteiger partial charge in [-0.1, -0.05) is 12.1 Å². The number of nitrogens with one attached hydrogen (secondary N) is 1. The van der Waals surface area contributed by atoms with Gasteiger partial charge in [0.1, 0.15) is 16.9 Å². The van der Waals surface area contributed by atoms with Gasteiger partial charge in [0.2, 0.25) is 0 Å². The Morgan fingerprint density at radius 2 is 1.88 bits per heavy atom. The highest BCUT2D eigenvalue weighted by Gasteiger charge is 2.24. The highest BCUT2D eigenvalue weighted by atomic mass is 32.1. The van der Waals surface area contributed by atoms with Crippen LogP contribution in [0.5, 0.6) is 5.75 Å². The summed E-state index contributed by atoms with van der Waals surface area (Å²) < 4.78 is 8.51. The summed E-state index contributed by atoms with van der Waals surface area (Å²) in [7, 11) is 1.65. The van der Waals surface area contributed by atoms with Crippen LogP contribution < -0.4 is 15.7 Å². The SMILES string of the molecule is COc1ccc(Cn2c(=O)n3ncnc3c3c(C)c(CN4CC(C)NC(C)C4)sc32)cc1. The van der Waals surface area contributed by atoms with E-state index in [0.717, 1.165) is 41.2 Å². The number of hydrogen-bond donors (Lipinski definition) is 1. The lowest BCUT2D eigenvalue weighted by Gasteiger charge is -2.36. The maximum atomic E-state index is 13.3. The quantitative estimate of drug-likeness (QED) is 0.502. The minimum atomic E-state index is -0.168. The normalized spacial score (nSPS) is 19.8. The van der Waals surface area contributed by atoms with Crippen molar-refractivity contribution in [3.63, 3.8) is 0 Å². The predicted molar refractivity (Wildman–Crippen MR) is 127 cm³/mol. The Morgan fingerprint density at radius 1 is 1.16 bits per heavy atom. The fourth-order valence-corrected chi connectivity index (χ4v) is 6.06. The second-order valence-electron chi connectivity index (χ2n) is 8.71. The third-order valence-corrected chi connectivity index (χ3v) is 7.46. The van der Waals surface area contributed by atoms with Crippen molar-refractivity contribution in [2.24, 2.45) is 0 Å². The van der Waals surface area contributed by atoms with Gasteiger partial charge < -0.3 is 10.1 Å². The first kappa shape index (κ1) is 21.1. The van der Waals surface area contributed by atoms with Gasteiger partial charge in [-0.15, -0.1) is 11.3 Å². The molecule has 2 unspecified atom stereocenters. The molecule has 0 radical (unpaired) electrons. The second-order valence-corrected chi connectivity index (χ2v) is 9.79. The molecule has 0 aliphatic carbocycles. The third kappa shape index (κ3) is 3.70. The van der Waals surface area contributed by atoms with Gasteiger partial charge >= 0.3 is 5.69 Å². The summed E-state index contributed by atoms with van der Waals surface area (Å²) in [6, 6.07) is 8.75. The number of methoxy groups -OCH3 is 1. The average Bonchev–Trinajstić information content (AvgIpc) is 3.36. The fraction of sp³-hybridized carbons (Fsp3) is 0.435. The van der Waals surface area contributed by atoms with E-state index < -0.39 is 0 Å². The first-order chi connectivity index (χ1) is 15.4. The van der Waals surface area contributed by atoms with E-state index in [1.807, 2.05) is 28.8 Å². The van der Waals surface area contributed by atoms with E-state index >= 15 is 0 Å². The van der Waals surface area contributed by atoms with Crippen LogP contribution in [0.2, 0.25) is 0 Å². The van der Waals surface area contributed by atoms with Gasteiger partial charge in [0.05, 0.1) is 19.0 Å². The number of hydrogen-bond acceptors (Lipinski definition) is 7. The van der Waals surface area contributed by atoms with Crippen molar-refractivity contribution in [1.29, 1.82) is 0 Å². The molecular formula is C23H28N6O2S. The largest absolute Gasteiger partial charge is 0.497 e. The molecule has 8 nitrogen and oxygen atoms in total. The zero-order chi connectivity index (χ0) is 22.4. The smallest absolute Gasteiger partial charge is 0.352 e. The number of nitrogens with zero attached hydrogens (tertiary/aromatic N) is 5. The molecule has 4 heterocycles. The molecule has 2 atom stereocenters. The molecule has 1 N–H and O–H groups in total. The highest BCUT2D eigenvalue weighted by molar-refractivity contribution is 7.19. The summed E-state index contributed by atoms with van der Waals surface area (Å²) in [6.45, 7) is 9.96. The van der Waals surface area contributed by atoms with Crippen LogP contribution in [0, 0.1) is 6.92 Å². The van der Waals surface area contributed by atoms with E-state index in [0.29, 0.717) is 24.3 Å². The number of rotatable bonds is 5. The van der Waals surface area contributed by atoms with Crippen molar-refractivity contribution in [1.82, 2.24) is 29.4 Å². The molecule has 1 fully saturated rings. The minimum absolute atomic E-state index is 0.168. The number of ether oxygens (including phenoxy) is 1. The van der Waals surface area contributed by atoms with E-state index in [1.165, 1.54) is 21.3 Å². The van der Waals surface area contributed by atoms with Gasteiger partial charge in [-0.25, -0.2) is 9.78 Å². The molecule has 0 spiro atoms. The molecule has 32 heavy (non-hydrogen) atoms. The van der Waals surface area contributed by atoms with Crippen molar-refractivity contribution in [3.8, 4) is 5.75 Å². The van der Waals surface area contributed by atoms with E-state index in [2.05, 4.69) is 41.1 Å². The van der Waals surface area contributed by atoms with Crippen molar-refractivity contribution < 1.29 is 4.74 Å². The molecule has 0 amide bonds. The van der Waals surface area contributed by atoms with E-state index in [-0.39, 0.29) is 5.69 Å². The standard InChI is InChI=1S/C23H28N6O2S/c1-14-9-27(10-15(2)26-14)12-19-16(3)20-21-24-13-25-29(21)23(30)28(22(20)32-19)11-17-5-7-18(31-4)8-6-17/h5-8,13-15,26H,9-12H2,1-4H3. The fourth-order valence-electron chi connectivity index (χ4n) is 4.73. The van der Waals surface area contributed by atoms with Crippen molar-refractivity contribution in [2.75, 3.05) is 20.2 Å². The lowest BCUT2D eigenvalue weighted by atomic mass is 10.1. The Bertz CT molecular complexity index is 1310. The maximum Gasteiger partial charge on any atom is 0.352 e. The molecular weight excluding hydrogens is 424 g/mol. The first-order valence-electron chi connectivity index (χ1n) is 10.9.